The Morgan fingerprint density at radius 3 is 2.70 bits per heavy atom. The van der Waals surface area contributed by atoms with Crippen molar-refractivity contribution in [3.05, 3.63) is 59.9 Å². The summed E-state index contributed by atoms with van der Waals surface area (Å²) in [5.41, 5.74) is 7.49. The fourth-order valence-corrected chi connectivity index (χ4v) is 1.97. The van der Waals surface area contributed by atoms with E-state index in [1.54, 1.807) is 4.68 Å². The number of halogens is 1. The molecule has 0 unspecified atom stereocenters. The van der Waals surface area contributed by atoms with E-state index < -0.39 is 5.82 Å². The Balaban J connectivity index is 2.00. The van der Waals surface area contributed by atoms with Crippen LogP contribution < -0.4 is 5.73 Å². The van der Waals surface area contributed by atoms with Crippen LogP contribution in [0.2, 0.25) is 0 Å². The lowest BCUT2D eigenvalue weighted by atomic mass is 10.1. The summed E-state index contributed by atoms with van der Waals surface area (Å²) in [6, 6.07) is 14.1. The predicted octanol–water partition coefficient (Wildman–Crippen LogP) is 2.11. The zero-order chi connectivity index (χ0) is 13.9. The number of nitrogens with two attached hydrogens (primary N) is 1. The molecule has 0 saturated carbocycles. The van der Waals surface area contributed by atoms with Crippen LogP contribution in [0.25, 0.3) is 11.4 Å². The van der Waals surface area contributed by atoms with Gasteiger partial charge in [-0.1, -0.05) is 30.3 Å². The van der Waals surface area contributed by atoms with Crippen LogP contribution >= 0.6 is 0 Å². The van der Waals surface area contributed by atoms with Crippen LogP contribution in [0.15, 0.2) is 48.5 Å². The second-order valence-electron chi connectivity index (χ2n) is 4.39. The molecule has 0 aliphatic heterocycles. The van der Waals surface area contributed by atoms with Crippen LogP contribution in [-0.2, 0) is 6.54 Å². The molecule has 6 heteroatoms. The molecule has 3 rings (SSSR count). The van der Waals surface area contributed by atoms with Gasteiger partial charge in [-0.3, -0.25) is 0 Å². The third kappa shape index (κ3) is 2.35. The van der Waals surface area contributed by atoms with Crippen molar-refractivity contribution in [2.75, 3.05) is 5.73 Å². The molecule has 0 aliphatic rings. The lowest BCUT2D eigenvalue weighted by Gasteiger charge is -2.06. The highest BCUT2D eigenvalue weighted by Gasteiger charge is 2.14. The number of hydrogen-bond acceptors (Lipinski definition) is 4. The minimum absolute atomic E-state index is 0.297. The molecule has 3 aromatic rings. The van der Waals surface area contributed by atoms with Gasteiger partial charge in [-0.25, -0.2) is 9.07 Å². The minimum atomic E-state index is -0.400. The summed E-state index contributed by atoms with van der Waals surface area (Å²) < 4.78 is 15.4. The molecule has 0 radical (unpaired) electrons. The Morgan fingerprint density at radius 1 is 1.10 bits per heavy atom. The summed E-state index contributed by atoms with van der Waals surface area (Å²) in [7, 11) is 0. The summed E-state index contributed by atoms with van der Waals surface area (Å²) in [5.74, 6) is -0.0398. The number of benzene rings is 2. The molecule has 1 aromatic heterocycles. The second-order valence-corrected chi connectivity index (χ2v) is 4.39. The first-order valence-electron chi connectivity index (χ1n) is 6.09. The minimum Gasteiger partial charge on any atom is -0.399 e. The summed E-state index contributed by atoms with van der Waals surface area (Å²) in [6.45, 7) is 0.470. The molecule has 20 heavy (non-hydrogen) atoms. The SMILES string of the molecule is Nc1ccc(F)c(-c2nnnn2Cc2ccccc2)c1. The van der Waals surface area contributed by atoms with Crippen molar-refractivity contribution in [3.8, 4) is 11.4 Å². The van der Waals surface area contributed by atoms with Crippen molar-refractivity contribution in [3.63, 3.8) is 0 Å². The average molecular weight is 269 g/mol. The standard InChI is InChI=1S/C14H12FN5/c15-13-7-6-11(16)8-12(13)14-17-18-19-20(14)9-10-4-2-1-3-5-10/h1-8H,9,16H2. The Labute approximate surface area is 114 Å². The molecule has 0 spiro atoms. The molecule has 0 atom stereocenters. The highest BCUT2D eigenvalue weighted by molar-refractivity contribution is 5.61. The molecule has 5 nitrogen and oxygen atoms in total. The van der Waals surface area contributed by atoms with Crippen LogP contribution in [0.3, 0.4) is 0 Å². The normalized spacial score (nSPS) is 10.7. The van der Waals surface area contributed by atoms with Gasteiger partial charge in [0.2, 0.25) is 0 Å². The van der Waals surface area contributed by atoms with Gasteiger partial charge in [0.25, 0.3) is 0 Å². The largest absolute Gasteiger partial charge is 0.399 e. The first-order valence-corrected chi connectivity index (χ1v) is 6.09. The second kappa shape index (κ2) is 5.08. The summed E-state index contributed by atoms with van der Waals surface area (Å²) in [4.78, 5) is 0. The number of rotatable bonds is 3. The zero-order valence-corrected chi connectivity index (χ0v) is 10.6. The predicted molar refractivity (Wildman–Crippen MR) is 73.2 cm³/mol. The summed E-state index contributed by atoms with van der Waals surface area (Å²) in [6.07, 6.45) is 0. The van der Waals surface area contributed by atoms with E-state index in [2.05, 4.69) is 15.5 Å². The molecular weight excluding hydrogens is 257 g/mol. The van der Waals surface area contributed by atoms with Crippen molar-refractivity contribution < 1.29 is 4.39 Å². The highest BCUT2D eigenvalue weighted by Crippen LogP contribution is 2.22. The first kappa shape index (κ1) is 12.3. The molecule has 2 aromatic carbocycles. The molecule has 1 heterocycles. The van der Waals surface area contributed by atoms with Crippen LogP contribution in [0, 0.1) is 5.82 Å². The number of anilines is 1. The lowest BCUT2D eigenvalue weighted by Crippen LogP contribution is -2.05. The maximum absolute atomic E-state index is 13.9. The quantitative estimate of drug-likeness (QED) is 0.739. The van der Waals surface area contributed by atoms with Gasteiger partial charge in [-0.05, 0) is 34.2 Å². The highest BCUT2D eigenvalue weighted by atomic mass is 19.1. The monoisotopic (exact) mass is 269 g/mol. The van der Waals surface area contributed by atoms with Crippen LogP contribution in [0.5, 0.6) is 0 Å². The number of hydrogen-bond donors (Lipinski definition) is 1. The Bertz CT molecular complexity index is 723. The van der Waals surface area contributed by atoms with E-state index in [4.69, 9.17) is 5.73 Å². The van der Waals surface area contributed by atoms with E-state index in [0.717, 1.165) is 5.56 Å². The van der Waals surface area contributed by atoms with Gasteiger partial charge in [0, 0.05) is 5.69 Å². The van der Waals surface area contributed by atoms with E-state index in [1.807, 2.05) is 30.3 Å². The number of nitrogens with zero attached hydrogens (tertiary/aromatic N) is 4. The molecule has 100 valence electrons. The maximum atomic E-state index is 13.9. The van der Waals surface area contributed by atoms with Gasteiger partial charge in [0.05, 0.1) is 12.1 Å². The number of aromatic nitrogens is 4. The van der Waals surface area contributed by atoms with Crippen molar-refractivity contribution in [2.24, 2.45) is 0 Å². The number of tetrazole rings is 1. The molecule has 0 fully saturated rings. The van der Waals surface area contributed by atoms with E-state index in [-0.39, 0.29) is 0 Å². The molecule has 0 bridgehead atoms. The van der Waals surface area contributed by atoms with Crippen LogP contribution in [0.4, 0.5) is 10.1 Å². The van der Waals surface area contributed by atoms with Gasteiger partial charge < -0.3 is 5.73 Å². The van der Waals surface area contributed by atoms with Crippen LogP contribution in [-0.4, -0.2) is 20.2 Å². The zero-order valence-electron chi connectivity index (χ0n) is 10.6. The van der Waals surface area contributed by atoms with Crippen molar-refractivity contribution in [1.82, 2.24) is 20.2 Å². The lowest BCUT2D eigenvalue weighted by molar-refractivity contribution is 0.621. The van der Waals surface area contributed by atoms with E-state index in [0.29, 0.717) is 23.6 Å². The van der Waals surface area contributed by atoms with Crippen molar-refractivity contribution in [1.29, 1.82) is 0 Å². The smallest absolute Gasteiger partial charge is 0.185 e. The van der Waals surface area contributed by atoms with Gasteiger partial charge in [0.1, 0.15) is 5.82 Å². The summed E-state index contributed by atoms with van der Waals surface area (Å²) in [5, 5.41) is 11.4. The van der Waals surface area contributed by atoms with Gasteiger partial charge in [0.15, 0.2) is 5.82 Å². The van der Waals surface area contributed by atoms with E-state index in [1.165, 1.54) is 18.2 Å². The van der Waals surface area contributed by atoms with E-state index in [9.17, 15) is 4.39 Å². The summed E-state index contributed by atoms with van der Waals surface area (Å²) >= 11 is 0. The first-order chi connectivity index (χ1) is 9.74. The molecule has 0 aliphatic carbocycles. The van der Waals surface area contributed by atoms with Crippen LogP contribution in [0.1, 0.15) is 5.56 Å². The molecule has 0 saturated heterocycles. The van der Waals surface area contributed by atoms with Gasteiger partial charge >= 0.3 is 0 Å². The third-order valence-electron chi connectivity index (χ3n) is 2.94. The fourth-order valence-electron chi connectivity index (χ4n) is 1.97. The Hall–Kier alpha value is -2.76. The maximum Gasteiger partial charge on any atom is 0.185 e. The van der Waals surface area contributed by atoms with Crippen molar-refractivity contribution >= 4 is 5.69 Å². The Morgan fingerprint density at radius 2 is 1.90 bits per heavy atom. The topological polar surface area (TPSA) is 69.6 Å². The van der Waals surface area contributed by atoms with E-state index >= 15 is 0 Å². The van der Waals surface area contributed by atoms with Crippen molar-refractivity contribution in [2.45, 2.75) is 6.54 Å². The molecular formula is C14H12FN5. The fraction of sp³-hybridized carbons (Fsp3) is 0.0714. The number of nitrogen functional groups attached to an aromatic ring is 1. The average Bonchev–Trinajstić information content (AvgIpc) is 2.91. The van der Waals surface area contributed by atoms with Gasteiger partial charge in [-0.2, -0.15) is 0 Å². The molecule has 0 amide bonds. The molecule has 2 N–H and O–H groups in total. The van der Waals surface area contributed by atoms with Gasteiger partial charge in [-0.15, -0.1) is 5.10 Å². The Kier molecular flexibility index (Phi) is 3.12. The third-order valence-corrected chi connectivity index (χ3v) is 2.94.